The van der Waals surface area contributed by atoms with Crippen LogP contribution in [0.5, 0.6) is 0 Å². The predicted molar refractivity (Wildman–Crippen MR) is 93.2 cm³/mol. The van der Waals surface area contributed by atoms with E-state index < -0.39 is 0 Å². The molecule has 0 spiro atoms. The highest BCUT2D eigenvalue weighted by atomic mass is 79.9. The first-order valence-corrected chi connectivity index (χ1v) is 9.01. The normalized spacial score (nSPS) is 10.6. The molecule has 0 aliphatic carbocycles. The summed E-state index contributed by atoms with van der Waals surface area (Å²) in [6, 6.07) is 11.4. The molecule has 2 aromatic heterocycles. The van der Waals surface area contributed by atoms with Crippen LogP contribution in [-0.2, 0) is 4.79 Å². The van der Waals surface area contributed by atoms with Crippen LogP contribution < -0.4 is 5.32 Å². The second-order valence-corrected chi connectivity index (χ2v) is 7.09. The van der Waals surface area contributed by atoms with Gasteiger partial charge in [-0.15, -0.1) is 16.4 Å². The summed E-state index contributed by atoms with van der Waals surface area (Å²) in [5, 5.41) is 12.4. The van der Waals surface area contributed by atoms with Crippen LogP contribution in [-0.4, -0.2) is 26.8 Å². The number of H-pyrrole nitrogens is 1. The Kier molecular flexibility index (Phi) is 4.91. The first-order chi connectivity index (χ1) is 10.7. The van der Waals surface area contributed by atoms with Crippen LogP contribution in [0, 0.1) is 0 Å². The van der Waals surface area contributed by atoms with E-state index in [-0.39, 0.29) is 11.7 Å². The van der Waals surface area contributed by atoms with Crippen molar-refractivity contribution in [2.24, 2.45) is 0 Å². The molecule has 0 unspecified atom stereocenters. The van der Waals surface area contributed by atoms with Crippen LogP contribution in [0.3, 0.4) is 0 Å². The molecule has 112 valence electrons. The minimum Gasteiger partial charge on any atom is -0.325 e. The predicted octanol–water partition coefficient (Wildman–Crippen LogP) is 4.03. The molecule has 0 saturated heterocycles. The number of thioether (sulfide) groups is 1. The number of halogens is 1. The Bertz CT molecular complexity index is 756. The van der Waals surface area contributed by atoms with E-state index in [1.165, 1.54) is 11.8 Å². The molecule has 0 atom stereocenters. The number of anilines is 1. The minimum atomic E-state index is -0.0882. The third kappa shape index (κ3) is 3.96. The van der Waals surface area contributed by atoms with E-state index in [0.29, 0.717) is 5.16 Å². The second kappa shape index (κ2) is 7.08. The Morgan fingerprint density at radius 2 is 2.14 bits per heavy atom. The van der Waals surface area contributed by atoms with E-state index in [0.717, 1.165) is 20.9 Å². The van der Waals surface area contributed by atoms with Crippen LogP contribution in [0.1, 0.15) is 0 Å². The number of hydrogen-bond donors (Lipinski definition) is 2. The highest BCUT2D eigenvalue weighted by Gasteiger charge is 2.09. The highest BCUT2D eigenvalue weighted by Crippen LogP contribution is 2.23. The molecule has 1 amide bonds. The van der Waals surface area contributed by atoms with Gasteiger partial charge in [-0.2, -0.15) is 0 Å². The Labute approximate surface area is 143 Å². The largest absolute Gasteiger partial charge is 0.325 e. The van der Waals surface area contributed by atoms with Crippen molar-refractivity contribution in [2.45, 2.75) is 5.16 Å². The first kappa shape index (κ1) is 15.3. The van der Waals surface area contributed by atoms with Gasteiger partial charge in [-0.3, -0.25) is 9.89 Å². The SMILES string of the molecule is O=C(CSc1n[nH]c(-c2cccs2)n1)Nc1ccc(Br)cc1. The van der Waals surface area contributed by atoms with Gasteiger partial charge in [0.05, 0.1) is 10.6 Å². The van der Waals surface area contributed by atoms with E-state index in [1.54, 1.807) is 11.3 Å². The number of aromatic nitrogens is 3. The smallest absolute Gasteiger partial charge is 0.234 e. The third-order valence-electron chi connectivity index (χ3n) is 2.68. The molecule has 0 bridgehead atoms. The summed E-state index contributed by atoms with van der Waals surface area (Å²) in [6.45, 7) is 0. The summed E-state index contributed by atoms with van der Waals surface area (Å²) in [6.07, 6.45) is 0. The summed E-state index contributed by atoms with van der Waals surface area (Å²) < 4.78 is 0.974. The third-order valence-corrected chi connectivity index (χ3v) is 4.93. The fraction of sp³-hybridized carbons (Fsp3) is 0.0714. The van der Waals surface area contributed by atoms with E-state index in [9.17, 15) is 4.79 Å². The molecule has 0 saturated carbocycles. The molecule has 3 aromatic rings. The summed E-state index contributed by atoms with van der Waals surface area (Å²) >= 11 is 6.25. The van der Waals surface area contributed by atoms with Gasteiger partial charge >= 0.3 is 0 Å². The number of benzene rings is 1. The monoisotopic (exact) mass is 394 g/mol. The summed E-state index contributed by atoms with van der Waals surface area (Å²) in [7, 11) is 0. The number of amides is 1. The number of carbonyl (C=O) groups excluding carboxylic acids is 1. The lowest BCUT2D eigenvalue weighted by molar-refractivity contribution is -0.113. The van der Waals surface area contributed by atoms with Crippen molar-refractivity contribution < 1.29 is 4.79 Å². The molecule has 8 heteroatoms. The topological polar surface area (TPSA) is 70.7 Å². The van der Waals surface area contributed by atoms with E-state index in [1.807, 2.05) is 41.8 Å². The highest BCUT2D eigenvalue weighted by molar-refractivity contribution is 9.10. The van der Waals surface area contributed by atoms with Gasteiger partial charge in [0, 0.05) is 10.2 Å². The molecule has 1 aromatic carbocycles. The molecular weight excluding hydrogens is 384 g/mol. The zero-order chi connectivity index (χ0) is 15.4. The van der Waals surface area contributed by atoms with Crippen molar-refractivity contribution >= 4 is 50.6 Å². The number of hydrogen-bond acceptors (Lipinski definition) is 5. The van der Waals surface area contributed by atoms with Gasteiger partial charge in [0.15, 0.2) is 5.82 Å². The number of thiophene rings is 1. The molecule has 0 fully saturated rings. The van der Waals surface area contributed by atoms with E-state index in [4.69, 9.17) is 0 Å². The van der Waals surface area contributed by atoms with Crippen molar-refractivity contribution in [1.82, 2.24) is 15.2 Å². The number of nitrogens with one attached hydrogen (secondary N) is 2. The van der Waals surface area contributed by atoms with Crippen molar-refractivity contribution in [3.05, 3.63) is 46.3 Å². The Morgan fingerprint density at radius 1 is 1.32 bits per heavy atom. The molecule has 5 nitrogen and oxygen atoms in total. The molecule has 2 N–H and O–H groups in total. The van der Waals surface area contributed by atoms with Crippen molar-refractivity contribution in [1.29, 1.82) is 0 Å². The fourth-order valence-electron chi connectivity index (χ4n) is 1.69. The number of aromatic amines is 1. The number of nitrogens with zero attached hydrogens (tertiary/aromatic N) is 2. The second-order valence-electron chi connectivity index (χ2n) is 4.29. The lowest BCUT2D eigenvalue weighted by atomic mass is 10.3. The summed E-state index contributed by atoms with van der Waals surface area (Å²) in [4.78, 5) is 17.3. The Balaban J connectivity index is 1.54. The van der Waals surface area contributed by atoms with Crippen LogP contribution >= 0.6 is 39.0 Å². The molecule has 0 aliphatic heterocycles. The van der Waals surface area contributed by atoms with Gasteiger partial charge in [0.1, 0.15) is 0 Å². The van der Waals surface area contributed by atoms with Crippen LogP contribution in [0.25, 0.3) is 10.7 Å². The van der Waals surface area contributed by atoms with Crippen molar-refractivity contribution in [2.75, 3.05) is 11.1 Å². The lowest BCUT2D eigenvalue weighted by Gasteiger charge is -2.03. The molecular formula is C14H11BrN4OS2. The van der Waals surface area contributed by atoms with Gasteiger partial charge in [-0.1, -0.05) is 33.8 Å². The average Bonchev–Trinajstić information content (AvgIpc) is 3.18. The van der Waals surface area contributed by atoms with Gasteiger partial charge in [-0.25, -0.2) is 4.98 Å². The van der Waals surface area contributed by atoms with Crippen LogP contribution in [0.4, 0.5) is 5.69 Å². The Morgan fingerprint density at radius 3 is 2.86 bits per heavy atom. The quantitative estimate of drug-likeness (QED) is 0.640. The van der Waals surface area contributed by atoms with Gasteiger partial charge in [0.2, 0.25) is 11.1 Å². The lowest BCUT2D eigenvalue weighted by Crippen LogP contribution is -2.13. The summed E-state index contributed by atoms with van der Waals surface area (Å²) in [5.74, 6) is 0.901. The molecule has 22 heavy (non-hydrogen) atoms. The van der Waals surface area contributed by atoms with Gasteiger partial charge in [0.25, 0.3) is 0 Å². The maximum Gasteiger partial charge on any atom is 0.234 e. The van der Waals surface area contributed by atoms with Gasteiger partial charge < -0.3 is 5.32 Å². The van der Waals surface area contributed by atoms with E-state index >= 15 is 0 Å². The maximum atomic E-state index is 11.9. The van der Waals surface area contributed by atoms with Crippen LogP contribution in [0.15, 0.2) is 51.4 Å². The molecule has 2 heterocycles. The number of rotatable bonds is 5. The van der Waals surface area contributed by atoms with E-state index in [2.05, 4.69) is 36.4 Å². The standard InChI is InChI=1S/C14H11BrN4OS2/c15-9-3-5-10(6-4-9)16-12(20)8-22-14-17-13(18-19-14)11-2-1-7-21-11/h1-7H,8H2,(H,16,20)(H,17,18,19). The Hall–Kier alpha value is -1.64. The zero-order valence-electron chi connectivity index (χ0n) is 11.2. The molecule has 0 aliphatic rings. The van der Waals surface area contributed by atoms with Crippen molar-refractivity contribution in [3.63, 3.8) is 0 Å². The number of carbonyl (C=O) groups is 1. The summed E-state index contributed by atoms with van der Waals surface area (Å²) in [5.41, 5.74) is 0.767. The van der Waals surface area contributed by atoms with Crippen molar-refractivity contribution in [3.8, 4) is 10.7 Å². The van der Waals surface area contributed by atoms with Crippen LogP contribution in [0.2, 0.25) is 0 Å². The molecule has 0 radical (unpaired) electrons. The van der Waals surface area contributed by atoms with Gasteiger partial charge in [-0.05, 0) is 35.7 Å². The first-order valence-electron chi connectivity index (χ1n) is 6.35. The minimum absolute atomic E-state index is 0.0882. The zero-order valence-corrected chi connectivity index (χ0v) is 14.5. The molecule has 3 rings (SSSR count). The maximum absolute atomic E-state index is 11.9. The fourth-order valence-corrected chi connectivity index (χ4v) is 3.22. The average molecular weight is 395 g/mol.